The van der Waals surface area contributed by atoms with Crippen molar-refractivity contribution in [1.82, 2.24) is 15.0 Å². The second-order valence-corrected chi connectivity index (χ2v) is 14.6. The van der Waals surface area contributed by atoms with Gasteiger partial charge < -0.3 is 0 Å². The molecule has 50 heavy (non-hydrogen) atoms. The minimum absolute atomic E-state index is 0.646. The molecular weight excluding hydrogens is 647 g/mol. The van der Waals surface area contributed by atoms with Gasteiger partial charge in [-0.15, -0.1) is 22.7 Å². The Kier molecular flexibility index (Phi) is 6.86. The summed E-state index contributed by atoms with van der Waals surface area (Å²) in [6, 6.07) is 58.0. The molecule has 0 aliphatic carbocycles. The standard InChI is InChI=1S/C45H27N3S2/c1-3-11-28(12-4-1)43-46-44(29-13-5-2-6-14-29)48-45(47-43)38-26-30(31-21-24-41-37(25-31)35-16-8-10-18-40(35)49-41)19-22-33(38)32-20-23-36-34-15-7-9-17-39(34)50-42(36)27-32/h1-27H. The summed E-state index contributed by atoms with van der Waals surface area (Å²) < 4.78 is 5.16. The summed E-state index contributed by atoms with van der Waals surface area (Å²) in [6.45, 7) is 0. The van der Waals surface area contributed by atoms with Gasteiger partial charge in [0.25, 0.3) is 0 Å². The lowest BCUT2D eigenvalue weighted by atomic mass is 9.93. The second kappa shape index (κ2) is 11.8. The zero-order chi connectivity index (χ0) is 33.0. The van der Waals surface area contributed by atoms with E-state index in [2.05, 4.69) is 127 Å². The third-order valence-corrected chi connectivity index (χ3v) is 11.6. The van der Waals surface area contributed by atoms with Gasteiger partial charge in [0.1, 0.15) is 0 Å². The molecule has 5 heteroatoms. The molecule has 0 aliphatic heterocycles. The number of rotatable bonds is 5. The van der Waals surface area contributed by atoms with Crippen LogP contribution in [0.2, 0.25) is 0 Å². The average molecular weight is 674 g/mol. The van der Waals surface area contributed by atoms with Gasteiger partial charge in [-0.2, -0.15) is 0 Å². The maximum absolute atomic E-state index is 5.18. The van der Waals surface area contributed by atoms with Crippen molar-refractivity contribution in [1.29, 1.82) is 0 Å². The van der Waals surface area contributed by atoms with Crippen molar-refractivity contribution >= 4 is 63.0 Å². The Morgan fingerprint density at radius 2 is 0.780 bits per heavy atom. The molecule has 3 heterocycles. The first kappa shape index (κ1) is 29.0. The van der Waals surface area contributed by atoms with Gasteiger partial charge in [-0.05, 0) is 58.7 Å². The van der Waals surface area contributed by atoms with Crippen LogP contribution in [0.25, 0.3) is 96.8 Å². The molecule has 0 saturated heterocycles. The van der Waals surface area contributed by atoms with Crippen LogP contribution in [0.15, 0.2) is 164 Å². The van der Waals surface area contributed by atoms with Crippen molar-refractivity contribution in [2.45, 2.75) is 0 Å². The fraction of sp³-hybridized carbons (Fsp3) is 0. The molecule has 3 nitrogen and oxygen atoms in total. The molecule has 234 valence electrons. The first-order valence-corrected chi connectivity index (χ1v) is 18.2. The van der Waals surface area contributed by atoms with Crippen LogP contribution in [0.3, 0.4) is 0 Å². The minimum Gasteiger partial charge on any atom is -0.208 e. The average Bonchev–Trinajstić information content (AvgIpc) is 3.76. The molecule has 0 saturated carbocycles. The van der Waals surface area contributed by atoms with Crippen molar-refractivity contribution in [3.05, 3.63) is 164 Å². The van der Waals surface area contributed by atoms with E-state index in [1.54, 1.807) is 0 Å². The largest absolute Gasteiger partial charge is 0.208 e. The van der Waals surface area contributed by atoms with Crippen molar-refractivity contribution < 1.29 is 0 Å². The predicted octanol–water partition coefficient (Wildman–Crippen LogP) is 12.9. The third-order valence-electron chi connectivity index (χ3n) is 9.36. The van der Waals surface area contributed by atoms with Gasteiger partial charge in [-0.3, -0.25) is 0 Å². The molecule has 0 N–H and O–H groups in total. The molecule has 0 radical (unpaired) electrons. The highest BCUT2D eigenvalue weighted by molar-refractivity contribution is 7.26. The molecule has 0 unspecified atom stereocenters. The molecule has 0 atom stereocenters. The van der Waals surface area contributed by atoms with E-state index in [0.717, 1.165) is 38.9 Å². The van der Waals surface area contributed by atoms with Crippen LogP contribution in [-0.4, -0.2) is 15.0 Å². The first-order chi connectivity index (χ1) is 24.7. The molecular formula is C45H27N3S2. The number of fused-ring (bicyclic) bond motifs is 6. The van der Waals surface area contributed by atoms with Crippen LogP contribution in [0.4, 0.5) is 0 Å². The fourth-order valence-corrected chi connectivity index (χ4v) is 9.12. The monoisotopic (exact) mass is 673 g/mol. The smallest absolute Gasteiger partial charge is 0.164 e. The van der Waals surface area contributed by atoms with Gasteiger partial charge in [-0.1, -0.05) is 127 Å². The van der Waals surface area contributed by atoms with E-state index in [4.69, 9.17) is 15.0 Å². The zero-order valence-electron chi connectivity index (χ0n) is 26.7. The molecule has 7 aromatic carbocycles. The van der Waals surface area contributed by atoms with Crippen LogP contribution in [0.5, 0.6) is 0 Å². The molecule has 10 aromatic rings. The summed E-state index contributed by atoms with van der Waals surface area (Å²) >= 11 is 3.67. The third kappa shape index (κ3) is 4.98. The highest BCUT2D eigenvalue weighted by atomic mass is 32.1. The van der Waals surface area contributed by atoms with E-state index >= 15 is 0 Å². The van der Waals surface area contributed by atoms with Crippen LogP contribution in [0.1, 0.15) is 0 Å². The normalized spacial score (nSPS) is 11.6. The van der Waals surface area contributed by atoms with Gasteiger partial charge in [-0.25, -0.2) is 15.0 Å². The maximum Gasteiger partial charge on any atom is 0.164 e. The van der Waals surface area contributed by atoms with Gasteiger partial charge in [0, 0.05) is 57.0 Å². The van der Waals surface area contributed by atoms with Crippen molar-refractivity contribution in [2.24, 2.45) is 0 Å². The molecule has 3 aromatic heterocycles. The Morgan fingerprint density at radius 3 is 1.48 bits per heavy atom. The minimum atomic E-state index is 0.646. The highest BCUT2D eigenvalue weighted by Gasteiger charge is 2.18. The molecule has 0 aliphatic rings. The van der Waals surface area contributed by atoms with Crippen molar-refractivity contribution in [3.63, 3.8) is 0 Å². The van der Waals surface area contributed by atoms with E-state index in [0.29, 0.717) is 17.5 Å². The Hall–Kier alpha value is -6.01. The molecule has 0 fully saturated rings. The summed E-state index contributed by atoms with van der Waals surface area (Å²) in [4.78, 5) is 15.3. The van der Waals surface area contributed by atoms with Gasteiger partial charge >= 0.3 is 0 Å². The molecule has 10 rings (SSSR count). The maximum atomic E-state index is 5.18. The topological polar surface area (TPSA) is 38.7 Å². The summed E-state index contributed by atoms with van der Waals surface area (Å²) in [6.07, 6.45) is 0. The number of nitrogens with zero attached hydrogens (tertiary/aromatic N) is 3. The number of hydrogen-bond donors (Lipinski definition) is 0. The van der Waals surface area contributed by atoms with Crippen molar-refractivity contribution in [2.75, 3.05) is 0 Å². The lowest BCUT2D eigenvalue weighted by Crippen LogP contribution is -2.01. The molecule has 0 spiro atoms. The van der Waals surface area contributed by atoms with Crippen LogP contribution in [-0.2, 0) is 0 Å². The highest BCUT2D eigenvalue weighted by Crippen LogP contribution is 2.41. The lowest BCUT2D eigenvalue weighted by Gasteiger charge is -2.14. The number of thiophene rings is 2. The molecule has 0 amide bonds. The summed E-state index contributed by atoms with van der Waals surface area (Å²) in [7, 11) is 0. The van der Waals surface area contributed by atoms with E-state index in [1.165, 1.54) is 40.3 Å². The van der Waals surface area contributed by atoms with E-state index < -0.39 is 0 Å². The Bertz CT molecular complexity index is 2810. The van der Waals surface area contributed by atoms with Crippen LogP contribution < -0.4 is 0 Å². The zero-order valence-corrected chi connectivity index (χ0v) is 28.4. The quantitative estimate of drug-likeness (QED) is 0.182. The van der Waals surface area contributed by atoms with Crippen LogP contribution in [0, 0.1) is 0 Å². The van der Waals surface area contributed by atoms with Gasteiger partial charge in [0.2, 0.25) is 0 Å². The van der Waals surface area contributed by atoms with E-state index in [9.17, 15) is 0 Å². The van der Waals surface area contributed by atoms with Crippen molar-refractivity contribution in [3.8, 4) is 56.4 Å². The summed E-state index contributed by atoms with van der Waals surface area (Å²) in [5, 5.41) is 5.15. The summed E-state index contributed by atoms with van der Waals surface area (Å²) in [5.41, 5.74) is 7.36. The van der Waals surface area contributed by atoms with E-state index in [1.807, 2.05) is 59.1 Å². The van der Waals surface area contributed by atoms with Gasteiger partial charge in [0.05, 0.1) is 0 Å². The van der Waals surface area contributed by atoms with Crippen LogP contribution >= 0.6 is 22.7 Å². The first-order valence-electron chi connectivity index (χ1n) is 16.6. The van der Waals surface area contributed by atoms with Gasteiger partial charge in [0.15, 0.2) is 17.5 Å². The number of aromatic nitrogens is 3. The number of hydrogen-bond acceptors (Lipinski definition) is 5. The lowest BCUT2D eigenvalue weighted by molar-refractivity contribution is 1.07. The Morgan fingerprint density at radius 1 is 0.280 bits per heavy atom. The Balaban J connectivity index is 1.21. The second-order valence-electron chi connectivity index (χ2n) is 12.4. The number of benzene rings is 7. The Labute approximate surface area is 296 Å². The SMILES string of the molecule is c1ccc(-c2nc(-c3ccccc3)nc(-c3cc(-c4ccc5sc6ccccc6c5c4)ccc3-c3ccc4c(c3)sc3ccccc34)n2)cc1. The fourth-order valence-electron chi connectivity index (χ4n) is 6.89. The summed E-state index contributed by atoms with van der Waals surface area (Å²) in [5.74, 6) is 1.95. The van der Waals surface area contributed by atoms with E-state index in [-0.39, 0.29) is 0 Å². The predicted molar refractivity (Wildman–Crippen MR) is 213 cm³/mol. The molecule has 0 bridgehead atoms.